The Labute approximate surface area is 403 Å². The molecule has 0 spiro atoms. The van der Waals surface area contributed by atoms with Gasteiger partial charge in [-0.1, -0.05) is 185 Å². The van der Waals surface area contributed by atoms with Crippen LogP contribution in [0.25, 0.3) is 86.9 Å². The first-order valence-corrected chi connectivity index (χ1v) is 24.6. The molecule has 1 aromatic heterocycles. The summed E-state index contributed by atoms with van der Waals surface area (Å²) in [5.74, 6) is 0. The molecule has 2 aliphatic carbocycles. The highest BCUT2D eigenvalue weighted by atomic mass is 32.1. The van der Waals surface area contributed by atoms with Crippen LogP contribution in [0.2, 0.25) is 0 Å². The van der Waals surface area contributed by atoms with Gasteiger partial charge < -0.3 is 4.90 Å². The zero-order valence-corrected chi connectivity index (χ0v) is 39.5. The van der Waals surface area contributed by atoms with Crippen molar-refractivity contribution in [3.05, 3.63) is 247 Å². The Morgan fingerprint density at radius 2 is 0.618 bits per heavy atom. The fourth-order valence-corrected chi connectivity index (χ4v) is 12.5. The normalized spacial score (nSPS) is 13.8. The second kappa shape index (κ2) is 15.4. The van der Waals surface area contributed by atoms with Gasteiger partial charge in [0.25, 0.3) is 0 Å². The van der Waals surface area contributed by atoms with Gasteiger partial charge >= 0.3 is 0 Å². The SMILES string of the molecule is CC1(C)c2ccccc2-c2ccc(-c3ccc(N(c4ccc(-c5ccc(-c6ccc7sc8ccccc8c7c6)cc5)cc4)c4ccc(-c5ccc6c(c5)C(C)(C)c5ccccc5-6)cc4)cc3)cc21. The molecule has 11 aromatic rings. The summed E-state index contributed by atoms with van der Waals surface area (Å²) in [6.45, 7) is 9.41. The Kier molecular flexibility index (Phi) is 9.16. The van der Waals surface area contributed by atoms with E-state index >= 15 is 0 Å². The van der Waals surface area contributed by atoms with Crippen LogP contribution in [0, 0.1) is 0 Å². The second-order valence-electron chi connectivity index (χ2n) is 19.7. The van der Waals surface area contributed by atoms with Crippen molar-refractivity contribution in [2.24, 2.45) is 0 Å². The molecule has 13 rings (SSSR count). The molecule has 0 bridgehead atoms. The summed E-state index contributed by atoms with van der Waals surface area (Å²) in [6.07, 6.45) is 0. The number of rotatable bonds is 7. The van der Waals surface area contributed by atoms with E-state index in [0.29, 0.717) is 0 Å². The number of anilines is 3. The summed E-state index contributed by atoms with van der Waals surface area (Å²) in [5, 5.41) is 2.66. The van der Waals surface area contributed by atoms with Gasteiger partial charge in [0.15, 0.2) is 0 Å². The smallest absolute Gasteiger partial charge is 0.0462 e. The van der Waals surface area contributed by atoms with E-state index in [4.69, 9.17) is 0 Å². The molecule has 2 heteroatoms. The molecular weight excluding hydrogens is 839 g/mol. The fraction of sp³-hybridized carbons (Fsp3) is 0.0909. The van der Waals surface area contributed by atoms with Crippen molar-refractivity contribution in [2.45, 2.75) is 38.5 Å². The molecule has 0 saturated carbocycles. The molecule has 1 nitrogen and oxygen atoms in total. The van der Waals surface area contributed by atoms with Crippen LogP contribution in [-0.4, -0.2) is 0 Å². The Hall–Kier alpha value is -7.78. The minimum Gasteiger partial charge on any atom is -0.311 e. The lowest BCUT2D eigenvalue weighted by Crippen LogP contribution is -2.14. The summed E-state index contributed by atoms with van der Waals surface area (Å²) < 4.78 is 2.67. The number of fused-ring (bicyclic) bond motifs is 9. The Balaban J connectivity index is 0.831. The van der Waals surface area contributed by atoms with Crippen molar-refractivity contribution in [2.75, 3.05) is 4.90 Å². The maximum absolute atomic E-state index is 2.41. The van der Waals surface area contributed by atoms with E-state index in [0.717, 1.165) is 17.1 Å². The molecule has 0 radical (unpaired) electrons. The molecule has 324 valence electrons. The summed E-state index contributed by atoms with van der Waals surface area (Å²) in [7, 11) is 0. The van der Waals surface area contributed by atoms with Crippen molar-refractivity contribution < 1.29 is 0 Å². The summed E-state index contributed by atoms with van der Waals surface area (Å²) in [6, 6.07) is 83.7. The number of thiophene rings is 1. The van der Waals surface area contributed by atoms with Crippen molar-refractivity contribution in [1.82, 2.24) is 0 Å². The van der Waals surface area contributed by atoms with E-state index in [2.05, 4.69) is 257 Å². The maximum atomic E-state index is 2.41. The first-order chi connectivity index (χ1) is 33.2. The van der Waals surface area contributed by atoms with Gasteiger partial charge in [-0.2, -0.15) is 0 Å². The number of hydrogen-bond acceptors (Lipinski definition) is 2. The van der Waals surface area contributed by atoms with Crippen LogP contribution in [-0.2, 0) is 10.8 Å². The monoisotopic (exact) mass is 887 g/mol. The minimum atomic E-state index is -0.0469. The highest BCUT2D eigenvalue weighted by molar-refractivity contribution is 7.25. The van der Waals surface area contributed by atoms with Crippen LogP contribution in [0.5, 0.6) is 0 Å². The van der Waals surface area contributed by atoms with E-state index in [9.17, 15) is 0 Å². The Morgan fingerprint density at radius 3 is 1.10 bits per heavy atom. The van der Waals surface area contributed by atoms with Gasteiger partial charge in [0, 0.05) is 48.1 Å². The van der Waals surface area contributed by atoms with Crippen LogP contribution in [0.1, 0.15) is 49.9 Å². The summed E-state index contributed by atoms with van der Waals surface area (Å²) >= 11 is 1.86. The molecule has 0 fully saturated rings. The van der Waals surface area contributed by atoms with E-state index in [1.165, 1.54) is 109 Å². The van der Waals surface area contributed by atoms with Crippen molar-refractivity contribution in [1.29, 1.82) is 0 Å². The van der Waals surface area contributed by atoms with Gasteiger partial charge in [0.05, 0.1) is 0 Å². The molecule has 0 unspecified atom stereocenters. The minimum absolute atomic E-state index is 0.0469. The van der Waals surface area contributed by atoms with Crippen LogP contribution in [0.4, 0.5) is 17.1 Å². The van der Waals surface area contributed by atoms with Gasteiger partial charge in [-0.15, -0.1) is 11.3 Å². The van der Waals surface area contributed by atoms with Gasteiger partial charge in [0.1, 0.15) is 0 Å². The van der Waals surface area contributed by atoms with E-state index in [1.807, 2.05) is 11.3 Å². The van der Waals surface area contributed by atoms with E-state index < -0.39 is 0 Å². The highest BCUT2D eigenvalue weighted by Gasteiger charge is 2.36. The molecule has 1 heterocycles. The zero-order valence-electron chi connectivity index (χ0n) is 38.7. The van der Waals surface area contributed by atoms with Crippen LogP contribution in [0.15, 0.2) is 224 Å². The van der Waals surface area contributed by atoms with E-state index in [1.54, 1.807) is 0 Å². The van der Waals surface area contributed by atoms with Crippen molar-refractivity contribution in [3.8, 4) is 66.8 Å². The summed E-state index contributed by atoms with van der Waals surface area (Å²) in [5.41, 5.74) is 24.0. The third kappa shape index (κ3) is 6.43. The lowest BCUT2D eigenvalue weighted by atomic mass is 9.81. The third-order valence-electron chi connectivity index (χ3n) is 15.1. The number of benzene rings is 10. The summed E-state index contributed by atoms with van der Waals surface area (Å²) in [4.78, 5) is 2.38. The predicted octanol–water partition coefficient (Wildman–Crippen LogP) is 18.8. The van der Waals surface area contributed by atoms with Crippen LogP contribution < -0.4 is 4.90 Å². The van der Waals surface area contributed by atoms with Gasteiger partial charge in [-0.3, -0.25) is 0 Å². The zero-order chi connectivity index (χ0) is 45.7. The average molecular weight is 888 g/mol. The molecule has 0 atom stereocenters. The molecule has 0 amide bonds. The lowest BCUT2D eigenvalue weighted by Gasteiger charge is -2.26. The first-order valence-electron chi connectivity index (χ1n) is 23.8. The number of nitrogens with zero attached hydrogens (tertiary/aromatic N) is 1. The van der Waals surface area contributed by atoms with Crippen LogP contribution >= 0.6 is 11.3 Å². The Morgan fingerprint density at radius 1 is 0.279 bits per heavy atom. The molecule has 2 aliphatic rings. The molecule has 68 heavy (non-hydrogen) atoms. The fourth-order valence-electron chi connectivity index (χ4n) is 11.4. The number of hydrogen-bond donors (Lipinski definition) is 0. The van der Waals surface area contributed by atoms with Gasteiger partial charge in [-0.05, 0) is 156 Å². The third-order valence-corrected chi connectivity index (χ3v) is 16.3. The highest BCUT2D eigenvalue weighted by Crippen LogP contribution is 2.51. The predicted molar refractivity (Wildman–Crippen MR) is 291 cm³/mol. The Bertz CT molecular complexity index is 3610. The molecule has 0 saturated heterocycles. The molecular formula is C66H49NS. The van der Waals surface area contributed by atoms with Gasteiger partial charge in [0.2, 0.25) is 0 Å². The molecule has 10 aromatic carbocycles. The second-order valence-corrected chi connectivity index (χ2v) is 20.8. The maximum Gasteiger partial charge on any atom is 0.0462 e. The van der Waals surface area contributed by atoms with E-state index in [-0.39, 0.29) is 10.8 Å². The van der Waals surface area contributed by atoms with Gasteiger partial charge in [-0.25, -0.2) is 0 Å². The van der Waals surface area contributed by atoms with Crippen molar-refractivity contribution in [3.63, 3.8) is 0 Å². The van der Waals surface area contributed by atoms with Crippen LogP contribution in [0.3, 0.4) is 0 Å². The standard InChI is InChI=1S/C66H49NS/c1-65(2)59-14-8-5-11-53(59)55-36-27-48(40-61(55)65)45-23-32-51(33-24-45)67(52-34-25-46(26-35-52)49-28-37-56-54-12-6-9-15-60(54)66(3,4)62(56)41-49)50-30-21-43(22-31-50)42-17-19-44(20-18-42)47-29-38-64-58(39-47)57-13-7-10-16-63(57)68-64/h5-41H,1-4H3. The first kappa shape index (κ1) is 40.5. The molecule has 0 N–H and O–H groups in total. The average Bonchev–Trinajstić information content (AvgIpc) is 3.96. The topological polar surface area (TPSA) is 3.24 Å². The largest absolute Gasteiger partial charge is 0.311 e. The quantitative estimate of drug-likeness (QED) is 0.154. The lowest BCUT2D eigenvalue weighted by molar-refractivity contribution is 0.660. The van der Waals surface area contributed by atoms with Crippen molar-refractivity contribution >= 4 is 48.6 Å². The molecule has 0 aliphatic heterocycles.